The van der Waals surface area contributed by atoms with Crippen molar-refractivity contribution >= 4 is 5.91 Å². The summed E-state index contributed by atoms with van der Waals surface area (Å²) in [6, 6.07) is 11.1. The molecule has 0 aliphatic carbocycles. The molecule has 5 heteroatoms. The Bertz CT molecular complexity index is 759. The minimum Gasteiger partial charge on any atom is -0.385 e. The molecule has 1 heterocycles. The molecule has 126 valence electrons. The monoisotopic (exact) mass is 331 g/mol. The number of carbonyl (C=O) groups is 1. The Morgan fingerprint density at radius 2 is 1.96 bits per heavy atom. The zero-order valence-corrected chi connectivity index (χ0v) is 13.4. The highest BCUT2D eigenvalue weighted by Gasteiger charge is 2.31. The summed E-state index contributed by atoms with van der Waals surface area (Å²) in [5.41, 5.74) is 0.334. The van der Waals surface area contributed by atoms with Crippen molar-refractivity contribution in [2.24, 2.45) is 0 Å². The second-order valence-electron chi connectivity index (χ2n) is 6.41. The maximum Gasteiger partial charge on any atom is 0.226 e. The van der Waals surface area contributed by atoms with Crippen LogP contribution in [0.3, 0.4) is 0 Å². The highest BCUT2D eigenvalue weighted by atomic mass is 19.1. The number of halogens is 2. The molecule has 0 saturated carbocycles. The maximum atomic E-state index is 13.8. The van der Waals surface area contributed by atoms with Crippen molar-refractivity contribution in [1.82, 2.24) is 4.90 Å². The quantitative estimate of drug-likeness (QED) is 0.939. The van der Waals surface area contributed by atoms with Crippen molar-refractivity contribution in [2.75, 3.05) is 6.54 Å². The van der Waals surface area contributed by atoms with Crippen molar-refractivity contribution in [3.8, 4) is 0 Å². The molecule has 1 atom stereocenters. The van der Waals surface area contributed by atoms with Gasteiger partial charge in [0.1, 0.15) is 11.6 Å². The van der Waals surface area contributed by atoms with Gasteiger partial charge in [0.05, 0.1) is 12.0 Å². The molecule has 2 aromatic carbocycles. The van der Waals surface area contributed by atoms with Gasteiger partial charge in [0.15, 0.2) is 0 Å². The first kappa shape index (κ1) is 16.6. The van der Waals surface area contributed by atoms with Crippen LogP contribution in [-0.4, -0.2) is 22.5 Å². The van der Waals surface area contributed by atoms with Crippen LogP contribution < -0.4 is 0 Å². The van der Waals surface area contributed by atoms with Gasteiger partial charge in [-0.05, 0) is 36.1 Å². The molecular formula is C19H19F2NO2. The van der Waals surface area contributed by atoms with E-state index in [0.717, 1.165) is 6.07 Å². The molecule has 0 radical (unpaired) electrons. The molecule has 24 heavy (non-hydrogen) atoms. The van der Waals surface area contributed by atoms with E-state index in [2.05, 4.69) is 0 Å². The lowest BCUT2D eigenvalue weighted by atomic mass is 9.91. The largest absolute Gasteiger partial charge is 0.385 e. The number of benzene rings is 2. The Hall–Kier alpha value is -2.27. The fourth-order valence-corrected chi connectivity index (χ4v) is 3.13. The second-order valence-corrected chi connectivity index (χ2v) is 6.41. The predicted molar refractivity (Wildman–Crippen MR) is 86.1 cm³/mol. The average molecular weight is 331 g/mol. The molecule has 1 unspecified atom stereocenters. The number of nitrogens with zero attached hydrogens (tertiary/aromatic N) is 1. The van der Waals surface area contributed by atoms with Gasteiger partial charge in [0.2, 0.25) is 5.91 Å². The van der Waals surface area contributed by atoms with E-state index in [0.29, 0.717) is 29.7 Å². The van der Waals surface area contributed by atoms with Crippen LogP contribution in [0, 0.1) is 11.6 Å². The minimum atomic E-state index is -1.29. The average Bonchev–Trinajstić information content (AvgIpc) is 2.54. The van der Waals surface area contributed by atoms with Crippen molar-refractivity contribution in [2.45, 2.75) is 31.9 Å². The zero-order valence-electron chi connectivity index (χ0n) is 13.4. The van der Waals surface area contributed by atoms with Gasteiger partial charge in [0, 0.05) is 19.2 Å². The van der Waals surface area contributed by atoms with Crippen LogP contribution in [0.5, 0.6) is 0 Å². The molecule has 1 aliphatic heterocycles. The van der Waals surface area contributed by atoms with E-state index in [4.69, 9.17) is 0 Å². The Morgan fingerprint density at radius 1 is 1.25 bits per heavy atom. The van der Waals surface area contributed by atoms with E-state index in [9.17, 15) is 18.7 Å². The maximum absolute atomic E-state index is 13.8. The topological polar surface area (TPSA) is 40.5 Å². The number of hydrogen-bond acceptors (Lipinski definition) is 2. The first-order chi connectivity index (χ1) is 11.4. The SMILES string of the molecule is CC(O)(CC(=O)N1CCc2c(F)cc(F)cc2C1)c1ccccc1. The normalized spacial score (nSPS) is 16.4. The molecule has 1 aliphatic rings. The zero-order chi connectivity index (χ0) is 17.3. The lowest BCUT2D eigenvalue weighted by Gasteiger charge is -2.32. The number of carbonyl (C=O) groups excluding carboxylic acids is 1. The molecule has 3 rings (SSSR count). The first-order valence-electron chi connectivity index (χ1n) is 7.89. The summed E-state index contributed by atoms with van der Waals surface area (Å²) in [7, 11) is 0. The first-order valence-corrected chi connectivity index (χ1v) is 7.89. The number of hydrogen-bond donors (Lipinski definition) is 1. The number of aliphatic hydroxyl groups is 1. The van der Waals surface area contributed by atoms with Gasteiger partial charge in [-0.15, -0.1) is 0 Å². The summed E-state index contributed by atoms with van der Waals surface area (Å²) >= 11 is 0. The summed E-state index contributed by atoms with van der Waals surface area (Å²) in [4.78, 5) is 14.1. The third-order valence-corrected chi connectivity index (χ3v) is 4.49. The Morgan fingerprint density at radius 3 is 2.67 bits per heavy atom. The highest BCUT2D eigenvalue weighted by molar-refractivity contribution is 5.78. The lowest BCUT2D eigenvalue weighted by molar-refractivity contribution is -0.137. The van der Waals surface area contributed by atoms with Gasteiger partial charge in [-0.2, -0.15) is 0 Å². The Balaban J connectivity index is 1.75. The van der Waals surface area contributed by atoms with Crippen LogP contribution in [0.1, 0.15) is 30.0 Å². The third kappa shape index (κ3) is 3.31. The summed E-state index contributed by atoms with van der Waals surface area (Å²) in [5.74, 6) is -1.44. The summed E-state index contributed by atoms with van der Waals surface area (Å²) in [5, 5.41) is 10.6. The van der Waals surface area contributed by atoms with Crippen molar-refractivity contribution in [3.63, 3.8) is 0 Å². The molecule has 3 nitrogen and oxygen atoms in total. The van der Waals surface area contributed by atoms with Gasteiger partial charge in [-0.1, -0.05) is 30.3 Å². The molecule has 2 aromatic rings. The molecule has 0 saturated heterocycles. The summed E-state index contributed by atoms with van der Waals surface area (Å²) in [6.45, 7) is 2.12. The van der Waals surface area contributed by atoms with E-state index >= 15 is 0 Å². The third-order valence-electron chi connectivity index (χ3n) is 4.49. The van der Waals surface area contributed by atoms with Crippen molar-refractivity contribution in [3.05, 3.63) is 70.8 Å². The van der Waals surface area contributed by atoms with Gasteiger partial charge >= 0.3 is 0 Å². The second kappa shape index (κ2) is 6.32. The van der Waals surface area contributed by atoms with E-state index in [-0.39, 0.29) is 18.9 Å². The fourth-order valence-electron chi connectivity index (χ4n) is 3.13. The Labute approximate surface area is 139 Å². The van der Waals surface area contributed by atoms with E-state index < -0.39 is 17.2 Å². The molecule has 1 N–H and O–H groups in total. The predicted octanol–water partition coefficient (Wildman–Crippen LogP) is 3.15. The number of fused-ring (bicyclic) bond motifs is 1. The fraction of sp³-hybridized carbons (Fsp3) is 0.316. The number of amides is 1. The molecular weight excluding hydrogens is 312 g/mol. The van der Waals surface area contributed by atoms with Crippen LogP contribution in [0.25, 0.3) is 0 Å². The van der Waals surface area contributed by atoms with E-state index in [1.165, 1.54) is 6.07 Å². The van der Waals surface area contributed by atoms with Crippen LogP contribution in [-0.2, 0) is 23.4 Å². The highest BCUT2D eigenvalue weighted by Crippen LogP contribution is 2.28. The van der Waals surface area contributed by atoms with E-state index in [1.54, 1.807) is 36.1 Å². The van der Waals surface area contributed by atoms with Gasteiger partial charge in [0.25, 0.3) is 0 Å². The smallest absolute Gasteiger partial charge is 0.226 e. The molecule has 0 spiro atoms. The van der Waals surface area contributed by atoms with Crippen LogP contribution in [0.15, 0.2) is 42.5 Å². The van der Waals surface area contributed by atoms with Crippen LogP contribution in [0.4, 0.5) is 8.78 Å². The minimum absolute atomic E-state index is 0.0792. The van der Waals surface area contributed by atoms with Gasteiger partial charge in [-0.3, -0.25) is 4.79 Å². The van der Waals surface area contributed by atoms with Gasteiger partial charge < -0.3 is 10.0 Å². The van der Waals surface area contributed by atoms with Gasteiger partial charge in [-0.25, -0.2) is 8.78 Å². The number of rotatable bonds is 3. The summed E-state index contributed by atoms with van der Waals surface area (Å²) < 4.78 is 27.2. The van der Waals surface area contributed by atoms with Crippen LogP contribution >= 0.6 is 0 Å². The molecule has 0 bridgehead atoms. The van der Waals surface area contributed by atoms with Crippen LogP contribution in [0.2, 0.25) is 0 Å². The standard InChI is InChI=1S/C19H19F2NO2/c1-19(24,14-5-3-2-4-6-14)11-18(23)22-8-7-16-13(12-22)9-15(20)10-17(16)21/h2-6,9-10,24H,7-8,11-12H2,1H3. The molecule has 0 fully saturated rings. The lowest BCUT2D eigenvalue weighted by Crippen LogP contribution is -2.40. The van der Waals surface area contributed by atoms with Crippen molar-refractivity contribution < 1.29 is 18.7 Å². The Kier molecular flexibility index (Phi) is 4.37. The molecule has 1 amide bonds. The van der Waals surface area contributed by atoms with E-state index in [1.807, 2.05) is 6.07 Å². The summed E-state index contributed by atoms with van der Waals surface area (Å²) in [6.07, 6.45) is 0.269. The van der Waals surface area contributed by atoms with Crippen molar-refractivity contribution in [1.29, 1.82) is 0 Å². The molecule has 0 aromatic heterocycles.